The second-order valence-electron chi connectivity index (χ2n) is 6.74. The molecule has 12 heteroatoms. The summed E-state index contributed by atoms with van der Waals surface area (Å²) in [5.41, 5.74) is 1.08. The number of amides is 1. The molecule has 1 aromatic carbocycles. The summed E-state index contributed by atoms with van der Waals surface area (Å²) in [6.45, 7) is -0.0890. The van der Waals surface area contributed by atoms with E-state index < -0.39 is 23.8 Å². The Labute approximate surface area is 190 Å². The van der Waals surface area contributed by atoms with Gasteiger partial charge in [-0.2, -0.15) is 20.5 Å². The monoisotopic (exact) mass is 470 g/mol. The maximum absolute atomic E-state index is 12.2. The van der Waals surface area contributed by atoms with E-state index in [4.69, 9.17) is 33.2 Å². The van der Waals surface area contributed by atoms with Crippen LogP contribution >= 0.6 is 23.2 Å². The van der Waals surface area contributed by atoms with Gasteiger partial charge < -0.3 is 4.74 Å². The van der Waals surface area contributed by atoms with Crippen molar-refractivity contribution in [1.29, 1.82) is 5.26 Å². The lowest BCUT2D eigenvalue weighted by Gasteiger charge is -2.22. The predicted octanol–water partition coefficient (Wildman–Crippen LogP) is 2.43. The molecule has 0 bridgehead atoms. The molecule has 2 aliphatic rings. The largest absolute Gasteiger partial charge is 0.436 e. The van der Waals surface area contributed by atoms with E-state index in [-0.39, 0.29) is 39.7 Å². The zero-order chi connectivity index (χ0) is 22.8. The van der Waals surface area contributed by atoms with Crippen LogP contribution in [-0.4, -0.2) is 45.8 Å². The number of aromatic nitrogens is 2. The standard InChI is InChI=1S/C20H12Cl2N6O4/c21-13-3-12(28-19(31)5-16(29)15(6-23)27-28)4-14(22)20(13)32-18-2-11(17(30)9-24-18)1-10-7-25-26-8-10/h2-4,7-8H,1,5,9H2,(H,25,26). The number of H-pyrrole nitrogens is 1. The molecular formula is C20H12Cl2N6O4. The number of aromatic amines is 1. The minimum absolute atomic E-state index is 0.0373. The van der Waals surface area contributed by atoms with Gasteiger partial charge in [-0.1, -0.05) is 23.2 Å². The molecule has 4 rings (SSSR count). The average Bonchev–Trinajstić information content (AvgIpc) is 3.26. The number of carbonyl (C=O) groups excluding carboxylic acids is 3. The fourth-order valence-corrected chi connectivity index (χ4v) is 3.55. The average molecular weight is 471 g/mol. The van der Waals surface area contributed by atoms with Crippen LogP contribution in [0.25, 0.3) is 0 Å². The Bertz CT molecular complexity index is 1250. The highest BCUT2D eigenvalue weighted by atomic mass is 35.5. The van der Waals surface area contributed by atoms with Crippen molar-refractivity contribution in [2.45, 2.75) is 12.8 Å². The molecule has 0 spiro atoms. The van der Waals surface area contributed by atoms with E-state index in [2.05, 4.69) is 20.3 Å². The molecule has 10 nitrogen and oxygen atoms in total. The molecule has 2 aliphatic heterocycles. The summed E-state index contributed by atoms with van der Waals surface area (Å²) in [4.78, 5) is 40.1. The SMILES string of the molecule is N#CC1=NN(c2cc(Cl)c(OC3=NCC(=O)C(Cc4cn[nH]c4)=C3)c(Cl)c2)C(=O)CC1=O. The molecule has 3 heterocycles. The molecule has 0 unspecified atom stereocenters. The Kier molecular flexibility index (Phi) is 5.85. The van der Waals surface area contributed by atoms with Crippen LogP contribution in [-0.2, 0) is 20.8 Å². The van der Waals surface area contributed by atoms with Gasteiger partial charge in [0.05, 0.1) is 28.4 Å². The van der Waals surface area contributed by atoms with Crippen molar-refractivity contribution in [3.8, 4) is 11.8 Å². The molecule has 32 heavy (non-hydrogen) atoms. The number of anilines is 1. The number of hydrogen-bond donors (Lipinski definition) is 1. The first-order valence-electron chi connectivity index (χ1n) is 9.13. The van der Waals surface area contributed by atoms with Gasteiger partial charge in [-0.15, -0.1) is 0 Å². The van der Waals surface area contributed by atoms with Gasteiger partial charge in [0.15, 0.2) is 11.5 Å². The molecule has 0 radical (unpaired) electrons. The first kappa shape index (κ1) is 21.4. The van der Waals surface area contributed by atoms with Crippen molar-refractivity contribution < 1.29 is 19.1 Å². The quantitative estimate of drug-likeness (QED) is 0.679. The van der Waals surface area contributed by atoms with Crippen molar-refractivity contribution in [2.24, 2.45) is 10.1 Å². The van der Waals surface area contributed by atoms with E-state index in [1.807, 2.05) is 0 Å². The molecule has 1 N–H and O–H groups in total. The van der Waals surface area contributed by atoms with Crippen LogP contribution in [0.4, 0.5) is 5.69 Å². The van der Waals surface area contributed by atoms with Crippen LogP contribution in [0.15, 0.2) is 46.3 Å². The molecule has 0 saturated heterocycles. The van der Waals surface area contributed by atoms with Crippen molar-refractivity contribution in [1.82, 2.24) is 10.2 Å². The molecule has 0 saturated carbocycles. The number of nitrogens with one attached hydrogen (secondary N) is 1. The van der Waals surface area contributed by atoms with Gasteiger partial charge in [0.25, 0.3) is 5.91 Å². The lowest BCUT2D eigenvalue weighted by Crippen LogP contribution is -2.36. The normalized spacial score (nSPS) is 16.3. The number of halogens is 2. The van der Waals surface area contributed by atoms with Crippen molar-refractivity contribution in [3.05, 3.63) is 51.8 Å². The van der Waals surface area contributed by atoms with Crippen LogP contribution in [0.1, 0.15) is 12.0 Å². The smallest absolute Gasteiger partial charge is 0.255 e. The highest BCUT2D eigenvalue weighted by molar-refractivity contribution is 6.50. The molecular weight excluding hydrogens is 459 g/mol. The van der Waals surface area contributed by atoms with Gasteiger partial charge in [-0.25, -0.2) is 4.99 Å². The number of ketones is 2. The van der Waals surface area contributed by atoms with Gasteiger partial charge in [0.1, 0.15) is 12.6 Å². The lowest BCUT2D eigenvalue weighted by atomic mass is 10.0. The topological polar surface area (TPSA) is 141 Å². The third kappa shape index (κ3) is 4.30. The second kappa shape index (κ2) is 8.74. The molecule has 160 valence electrons. The van der Waals surface area contributed by atoms with Crippen LogP contribution in [0.3, 0.4) is 0 Å². The summed E-state index contributed by atoms with van der Waals surface area (Å²) in [6.07, 6.45) is 4.66. The minimum Gasteiger partial charge on any atom is -0.436 e. The lowest BCUT2D eigenvalue weighted by molar-refractivity contribution is -0.124. The van der Waals surface area contributed by atoms with Crippen molar-refractivity contribution in [2.75, 3.05) is 11.6 Å². The van der Waals surface area contributed by atoms with Crippen LogP contribution < -0.4 is 9.75 Å². The number of Topliss-reactive ketones (excluding diaryl/α,β-unsaturated/α-hetero) is 2. The molecule has 1 aromatic heterocycles. The Morgan fingerprint density at radius 1 is 1.19 bits per heavy atom. The first-order chi connectivity index (χ1) is 15.4. The molecule has 0 fully saturated rings. The minimum atomic E-state index is -0.659. The van der Waals surface area contributed by atoms with Gasteiger partial charge >= 0.3 is 0 Å². The van der Waals surface area contributed by atoms with Crippen LogP contribution in [0.2, 0.25) is 10.0 Å². The Morgan fingerprint density at radius 2 is 1.94 bits per heavy atom. The van der Waals surface area contributed by atoms with Crippen LogP contribution in [0, 0.1) is 11.3 Å². The molecule has 2 aromatic rings. The van der Waals surface area contributed by atoms with E-state index in [0.717, 1.165) is 10.6 Å². The Balaban J connectivity index is 1.59. The van der Waals surface area contributed by atoms with Gasteiger partial charge in [0.2, 0.25) is 17.4 Å². The first-order valence-corrected chi connectivity index (χ1v) is 9.89. The summed E-state index contributed by atoms with van der Waals surface area (Å²) >= 11 is 12.6. The fraction of sp³-hybridized carbons (Fsp3) is 0.150. The summed E-state index contributed by atoms with van der Waals surface area (Å²) in [6, 6.07) is 4.37. The third-order valence-electron chi connectivity index (χ3n) is 4.54. The fourth-order valence-electron chi connectivity index (χ4n) is 3.00. The third-order valence-corrected chi connectivity index (χ3v) is 5.10. The van der Waals surface area contributed by atoms with E-state index in [1.165, 1.54) is 18.2 Å². The number of carbonyl (C=O) groups is 3. The maximum atomic E-state index is 12.2. The van der Waals surface area contributed by atoms with Gasteiger partial charge in [-0.3, -0.25) is 19.5 Å². The number of benzene rings is 1. The summed E-state index contributed by atoms with van der Waals surface area (Å²) in [7, 11) is 0. The van der Waals surface area contributed by atoms with E-state index in [0.29, 0.717) is 12.0 Å². The zero-order valence-electron chi connectivity index (χ0n) is 16.1. The Morgan fingerprint density at radius 3 is 2.59 bits per heavy atom. The van der Waals surface area contributed by atoms with Gasteiger partial charge in [-0.05, 0) is 17.7 Å². The summed E-state index contributed by atoms with van der Waals surface area (Å²) < 4.78 is 5.73. The molecule has 1 amide bonds. The number of hydrazone groups is 1. The summed E-state index contributed by atoms with van der Waals surface area (Å²) in [5.74, 6) is -1.22. The second-order valence-corrected chi connectivity index (χ2v) is 7.55. The number of nitrogens with zero attached hydrogens (tertiary/aromatic N) is 5. The van der Waals surface area contributed by atoms with E-state index >= 15 is 0 Å². The highest BCUT2D eigenvalue weighted by Gasteiger charge is 2.29. The Hall–Kier alpha value is -3.81. The number of dihydropyridines is 1. The maximum Gasteiger partial charge on any atom is 0.255 e. The predicted molar refractivity (Wildman–Crippen MR) is 115 cm³/mol. The number of nitriles is 1. The number of rotatable bonds is 4. The van der Waals surface area contributed by atoms with E-state index in [9.17, 15) is 14.4 Å². The van der Waals surface area contributed by atoms with Crippen molar-refractivity contribution >= 4 is 58.0 Å². The number of aliphatic imine (C=N–C) groups is 1. The van der Waals surface area contributed by atoms with Crippen molar-refractivity contribution in [3.63, 3.8) is 0 Å². The molecule has 0 aliphatic carbocycles. The number of hydrogen-bond acceptors (Lipinski definition) is 8. The van der Waals surface area contributed by atoms with E-state index in [1.54, 1.807) is 18.5 Å². The highest BCUT2D eigenvalue weighted by Crippen LogP contribution is 2.38. The number of ether oxygens (including phenoxy) is 1. The van der Waals surface area contributed by atoms with Gasteiger partial charge in [0, 0.05) is 24.3 Å². The molecule has 0 atom stereocenters. The summed E-state index contributed by atoms with van der Waals surface area (Å²) in [5, 5.41) is 20.3. The van der Waals surface area contributed by atoms with Crippen LogP contribution in [0.5, 0.6) is 5.75 Å². The zero-order valence-corrected chi connectivity index (χ0v) is 17.6.